The van der Waals surface area contributed by atoms with Crippen LogP contribution < -0.4 is 0 Å². The molecule has 0 unspecified atom stereocenters. The molecule has 1 aromatic rings. The van der Waals surface area contributed by atoms with Crippen molar-refractivity contribution in [3.8, 4) is 0 Å². The molecule has 2 aliphatic rings. The molecule has 3 rings (SSSR count). The molecule has 0 bridgehead atoms. The maximum Gasteiger partial charge on any atom is 0.273 e. The van der Waals surface area contributed by atoms with E-state index >= 15 is 0 Å². The summed E-state index contributed by atoms with van der Waals surface area (Å²) in [5.41, 5.74) is 0.621. The summed E-state index contributed by atoms with van der Waals surface area (Å²) in [7, 11) is 0. The molecule has 0 atom stereocenters. The van der Waals surface area contributed by atoms with Crippen LogP contribution in [0.2, 0.25) is 0 Å². The lowest BCUT2D eigenvalue weighted by molar-refractivity contribution is 0.0341. The lowest BCUT2D eigenvalue weighted by Gasteiger charge is -2.25. The second-order valence-corrected chi connectivity index (χ2v) is 5.96. The largest absolute Gasteiger partial charge is 0.379 e. The summed E-state index contributed by atoms with van der Waals surface area (Å²) in [5.74, 6) is 0.0991. The van der Waals surface area contributed by atoms with Gasteiger partial charge in [-0.3, -0.25) is 9.69 Å². The maximum absolute atomic E-state index is 12.2. The number of rotatable bonds is 3. The van der Waals surface area contributed by atoms with Crippen LogP contribution in [0.15, 0.2) is 5.38 Å². The van der Waals surface area contributed by atoms with Gasteiger partial charge in [0.15, 0.2) is 0 Å². The minimum Gasteiger partial charge on any atom is -0.379 e. The zero-order chi connectivity index (χ0) is 13.1. The first-order valence-corrected chi connectivity index (χ1v) is 7.75. The lowest BCUT2D eigenvalue weighted by atomic mass is 10.4. The first-order chi connectivity index (χ1) is 9.33. The third kappa shape index (κ3) is 3.13. The fraction of sp³-hybridized carbons (Fsp3) is 0.692. The van der Waals surface area contributed by atoms with E-state index in [9.17, 15) is 4.79 Å². The van der Waals surface area contributed by atoms with Crippen molar-refractivity contribution < 1.29 is 9.53 Å². The molecular formula is C13H19N3O2S. The van der Waals surface area contributed by atoms with Gasteiger partial charge in [0, 0.05) is 31.6 Å². The molecule has 0 spiro atoms. The van der Waals surface area contributed by atoms with E-state index in [4.69, 9.17) is 4.74 Å². The Kier molecular flexibility index (Phi) is 4.10. The summed E-state index contributed by atoms with van der Waals surface area (Å²) in [4.78, 5) is 20.9. The standard InChI is InChI=1S/C13H19N3O2S/c17-13(16-3-1-2-4-16)11-10-19-12(14-11)9-15-5-7-18-8-6-15/h10H,1-9H2. The highest BCUT2D eigenvalue weighted by molar-refractivity contribution is 7.09. The van der Waals surface area contributed by atoms with E-state index in [-0.39, 0.29) is 5.91 Å². The van der Waals surface area contributed by atoms with Crippen LogP contribution in [-0.2, 0) is 11.3 Å². The number of morpholine rings is 1. The van der Waals surface area contributed by atoms with Gasteiger partial charge in [-0.1, -0.05) is 0 Å². The monoisotopic (exact) mass is 281 g/mol. The molecule has 19 heavy (non-hydrogen) atoms. The Labute approximate surface area is 117 Å². The molecule has 2 fully saturated rings. The topological polar surface area (TPSA) is 45.7 Å². The summed E-state index contributed by atoms with van der Waals surface area (Å²) >= 11 is 1.59. The molecule has 0 aliphatic carbocycles. The van der Waals surface area contributed by atoms with Crippen molar-refractivity contribution in [3.63, 3.8) is 0 Å². The van der Waals surface area contributed by atoms with Crippen molar-refractivity contribution >= 4 is 17.2 Å². The van der Waals surface area contributed by atoms with Gasteiger partial charge >= 0.3 is 0 Å². The predicted molar refractivity (Wildman–Crippen MR) is 73.3 cm³/mol. The van der Waals surface area contributed by atoms with Crippen LogP contribution in [0.5, 0.6) is 0 Å². The SMILES string of the molecule is O=C(c1csc(CN2CCOCC2)n1)N1CCCC1. The highest BCUT2D eigenvalue weighted by Gasteiger charge is 2.22. The summed E-state index contributed by atoms with van der Waals surface area (Å²) in [6, 6.07) is 0. The van der Waals surface area contributed by atoms with E-state index < -0.39 is 0 Å². The Hall–Kier alpha value is -0.980. The first-order valence-electron chi connectivity index (χ1n) is 6.87. The van der Waals surface area contributed by atoms with Crippen molar-refractivity contribution in [1.82, 2.24) is 14.8 Å². The van der Waals surface area contributed by atoms with Gasteiger partial charge in [-0.2, -0.15) is 0 Å². The van der Waals surface area contributed by atoms with Gasteiger partial charge in [0.05, 0.1) is 19.8 Å². The fourth-order valence-electron chi connectivity index (χ4n) is 2.51. The summed E-state index contributed by atoms with van der Waals surface area (Å²) < 4.78 is 5.33. The van der Waals surface area contributed by atoms with Gasteiger partial charge < -0.3 is 9.64 Å². The van der Waals surface area contributed by atoms with Crippen LogP contribution in [-0.4, -0.2) is 60.1 Å². The Morgan fingerprint density at radius 2 is 2.00 bits per heavy atom. The number of hydrogen-bond acceptors (Lipinski definition) is 5. The third-order valence-electron chi connectivity index (χ3n) is 3.63. The Morgan fingerprint density at radius 1 is 1.26 bits per heavy atom. The molecule has 5 nitrogen and oxygen atoms in total. The van der Waals surface area contributed by atoms with E-state index in [0.29, 0.717) is 5.69 Å². The van der Waals surface area contributed by atoms with E-state index in [1.165, 1.54) is 0 Å². The lowest BCUT2D eigenvalue weighted by Crippen LogP contribution is -2.35. The number of nitrogens with zero attached hydrogens (tertiary/aromatic N) is 3. The minimum atomic E-state index is 0.0991. The quantitative estimate of drug-likeness (QED) is 0.835. The smallest absolute Gasteiger partial charge is 0.273 e. The maximum atomic E-state index is 12.2. The molecule has 104 valence electrons. The molecule has 0 radical (unpaired) electrons. The molecule has 1 amide bonds. The van der Waals surface area contributed by atoms with Crippen LogP contribution in [0.3, 0.4) is 0 Å². The van der Waals surface area contributed by atoms with Gasteiger partial charge in [0.25, 0.3) is 5.91 Å². The van der Waals surface area contributed by atoms with Crippen molar-refractivity contribution in [1.29, 1.82) is 0 Å². The van der Waals surface area contributed by atoms with Crippen LogP contribution >= 0.6 is 11.3 Å². The van der Waals surface area contributed by atoms with E-state index in [1.54, 1.807) is 11.3 Å². The fourth-order valence-corrected chi connectivity index (χ4v) is 3.32. The molecule has 1 aromatic heterocycles. The molecule has 2 saturated heterocycles. The minimum absolute atomic E-state index is 0.0991. The summed E-state index contributed by atoms with van der Waals surface area (Å²) in [5, 5.41) is 2.93. The molecule has 2 aliphatic heterocycles. The number of carbonyl (C=O) groups is 1. The van der Waals surface area contributed by atoms with Crippen LogP contribution in [0.25, 0.3) is 0 Å². The van der Waals surface area contributed by atoms with Crippen LogP contribution in [0, 0.1) is 0 Å². The number of likely N-dealkylation sites (tertiary alicyclic amines) is 1. The van der Waals surface area contributed by atoms with Gasteiger partial charge in [0.1, 0.15) is 10.7 Å². The van der Waals surface area contributed by atoms with Crippen LogP contribution in [0.4, 0.5) is 0 Å². The highest BCUT2D eigenvalue weighted by Crippen LogP contribution is 2.17. The second-order valence-electron chi connectivity index (χ2n) is 5.01. The van der Waals surface area contributed by atoms with Gasteiger partial charge in [0.2, 0.25) is 0 Å². The van der Waals surface area contributed by atoms with Gasteiger partial charge in [-0.15, -0.1) is 11.3 Å². The zero-order valence-corrected chi connectivity index (χ0v) is 11.8. The Balaban J connectivity index is 1.60. The molecule has 0 aromatic carbocycles. The average molecular weight is 281 g/mol. The normalized spacial score (nSPS) is 20.9. The van der Waals surface area contributed by atoms with E-state index in [1.807, 2.05) is 10.3 Å². The number of carbonyl (C=O) groups excluding carboxylic acids is 1. The van der Waals surface area contributed by atoms with Crippen molar-refractivity contribution in [2.75, 3.05) is 39.4 Å². The molecule has 6 heteroatoms. The molecular weight excluding hydrogens is 262 g/mol. The average Bonchev–Trinajstić information content (AvgIpc) is 3.10. The number of amides is 1. The predicted octanol–water partition coefficient (Wildman–Crippen LogP) is 1.21. The number of ether oxygens (including phenoxy) is 1. The van der Waals surface area contributed by atoms with E-state index in [0.717, 1.165) is 63.8 Å². The Morgan fingerprint density at radius 3 is 2.74 bits per heavy atom. The van der Waals surface area contributed by atoms with Crippen molar-refractivity contribution in [3.05, 3.63) is 16.1 Å². The van der Waals surface area contributed by atoms with E-state index in [2.05, 4.69) is 9.88 Å². The number of aromatic nitrogens is 1. The van der Waals surface area contributed by atoms with Gasteiger partial charge in [-0.05, 0) is 12.8 Å². The highest BCUT2D eigenvalue weighted by atomic mass is 32.1. The Bertz CT molecular complexity index is 437. The number of thiazole rings is 1. The molecule has 3 heterocycles. The summed E-state index contributed by atoms with van der Waals surface area (Å²) in [6.45, 7) is 6.10. The number of hydrogen-bond donors (Lipinski definition) is 0. The van der Waals surface area contributed by atoms with Gasteiger partial charge in [-0.25, -0.2) is 4.98 Å². The first kappa shape index (κ1) is 13.0. The zero-order valence-electron chi connectivity index (χ0n) is 11.0. The third-order valence-corrected chi connectivity index (χ3v) is 4.46. The second kappa shape index (κ2) is 5.98. The molecule has 0 saturated carbocycles. The van der Waals surface area contributed by atoms with Crippen molar-refractivity contribution in [2.45, 2.75) is 19.4 Å². The van der Waals surface area contributed by atoms with Crippen molar-refractivity contribution in [2.24, 2.45) is 0 Å². The van der Waals surface area contributed by atoms with Crippen LogP contribution in [0.1, 0.15) is 28.3 Å². The summed E-state index contributed by atoms with van der Waals surface area (Å²) in [6.07, 6.45) is 2.24. The molecule has 0 N–H and O–H groups in total.